The summed E-state index contributed by atoms with van der Waals surface area (Å²) >= 11 is 0. The van der Waals surface area contributed by atoms with Crippen molar-refractivity contribution in [1.29, 1.82) is 0 Å². The van der Waals surface area contributed by atoms with E-state index in [9.17, 15) is 4.79 Å². The van der Waals surface area contributed by atoms with Crippen molar-refractivity contribution in [1.82, 2.24) is 5.32 Å². The Morgan fingerprint density at radius 1 is 1.21 bits per heavy atom. The summed E-state index contributed by atoms with van der Waals surface area (Å²) in [6.45, 7) is 2.28. The van der Waals surface area contributed by atoms with Gasteiger partial charge < -0.3 is 29.6 Å². The lowest BCUT2D eigenvalue weighted by molar-refractivity contribution is -0.138. The van der Waals surface area contributed by atoms with Gasteiger partial charge in [-0.2, -0.15) is 0 Å². The van der Waals surface area contributed by atoms with Crippen molar-refractivity contribution < 1.29 is 23.7 Å². The van der Waals surface area contributed by atoms with Crippen molar-refractivity contribution in [2.75, 3.05) is 32.9 Å². The van der Waals surface area contributed by atoms with Gasteiger partial charge in [0.15, 0.2) is 11.5 Å². The molecule has 2 aromatic rings. The summed E-state index contributed by atoms with van der Waals surface area (Å²) in [6.07, 6.45) is 0. The monoisotopic (exact) mass is 382 g/mol. The van der Waals surface area contributed by atoms with Gasteiger partial charge in [0.25, 0.3) is 0 Å². The minimum absolute atomic E-state index is 0.190. The number of hydrogen-bond acceptors (Lipinski definition) is 7. The molecule has 0 aromatic heterocycles. The largest absolute Gasteiger partial charge is 0.497 e. The molecule has 7 nitrogen and oxygen atoms in total. The third-order valence-electron chi connectivity index (χ3n) is 4.83. The van der Waals surface area contributed by atoms with Crippen LogP contribution in [0.3, 0.4) is 0 Å². The van der Waals surface area contributed by atoms with Crippen LogP contribution in [0.25, 0.3) is 5.70 Å². The molecular formula is C21H22N2O5. The maximum Gasteiger partial charge on any atom is 0.338 e. The molecule has 0 radical (unpaired) electrons. The highest BCUT2D eigenvalue weighted by atomic mass is 16.7. The normalized spacial score (nSPS) is 17.0. The quantitative estimate of drug-likeness (QED) is 0.770. The van der Waals surface area contributed by atoms with Crippen LogP contribution in [0.5, 0.6) is 17.2 Å². The van der Waals surface area contributed by atoms with Gasteiger partial charge in [-0.25, -0.2) is 4.79 Å². The Balaban J connectivity index is 1.87. The number of esters is 1. The lowest BCUT2D eigenvalue weighted by Gasteiger charge is -2.31. The number of carbonyl (C=O) groups excluding carboxylic acids is 1. The number of nitrogens with one attached hydrogen (secondary N) is 2. The Hall–Kier alpha value is -3.19. The van der Waals surface area contributed by atoms with E-state index in [2.05, 4.69) is 10.6 Å². The summed E-state index contributed by atoms with van der Waals surface area (Å²) in [4.78, 5) is 12.9. The van der Waals surface area contributed by atoms with E-state index in [0.29, 0.717) is 29.4 Å². The second kappa shape index (κ2) is 7.44. The number of methoxy groups -OCH3 is 1. The van der Waals surface area contributed by atoms with Crippen LogP contribution in [-0.4, -0.2) is 33.5 Å². The van der Waals surface area contributed by atoms with Crippen LogP contribution in [-0.2, 0) is 9.53 Å². The molecule has 2 aliphatic rings. The van der Waals surface area contributed by atoms with Crippen LogP contribution in [0.1, 0.15) is 24.1 Å². The van der Waals surface area contributed by atoms with Gasteiger partial charge in [-0.1, -0.05) is 6.07 Å². The fourth-order valence-electron chi connectivity index (χ4n) is 3.53. The predicted molar refractivity (Wildman–Crippen MR) is 105 cm³/mol. The molecule has 2 aromatic carbocycles. The summed E-state index contributed by atoms with van der Waals surface area (Å²) in [5.74, 6) is 1.69. The van der Waals surface area contributed by atoms with E-state index in [1.165, 1.54) is 0 Å². The molecule has 0 saturated heterocycles. The SMILES string of the molecule is CCOC(=O)C1=C(c2ccc3c(c2)OCO3)Nc2cc(OC)ccc2C1NC. The van der Waals surface area contributed by atoms with Crippen LogP contribution in [0, 0.1) is 0 Å². The third kappa shape index (κ3) is 3.03. The molecule has 0 saturated carbocycles. The molecule has 0 fully saturated rings. The zero-order valence-electron chi connectivity index (χ0n) is 16.0. The minimum atomic E-state index is -0.372. The number of rotatable bonds is 5. The molecular weight excluding hydrogens is 360 g/mol. The van der Waals surface area contributed by atoms with Gasteiger partial charge in [0, 0.05) is 17.3 Å². The first kappa shape index (κ1) is 18.2. The van der Waals surface area contributed by atoms with Gasteiger partial charge in [-0.05, 0) is 43.8 Å². The van der Waals surface area contributed by atoms with Gasteiger partial charge in [0.05, 0.1) is 31.0 Å². The van der Waals surface area contributed by atoms with E-state index >= 15 is 0 Å². The Labute approximate surface area is 163 Å². The fraction of sp³-hybridized carbons (Fsp3) is 0.286. The van der Waals surface area contributed by atoms with Crippen molar-refractivity contribution in [3.63, 3.8) is 0 Å². The van der Waals surface area contributed by atoms with Crippen LogP contribution in [0.15, 0.2) is 42.0 Å². The van der Waals surface area contributed by atoms with Gasteiger partial charge in [-0.3, -0.25) is 0 Å². The molecule has 0 amide bonds. The average Bonchev–Trinajstić information content (AvgIpc) is 3.19. The summed E-state index contributed by atoms with van der Waals surface area (Å²) in [5.41, 5.74) is 3.79. The maximum atomic E-state index is 12.9. The number of likely N-dealkylation sites (N-methyl/N-ethyl adjacent to an activating group) is 1. The lowest BCUT2D eigenvalue weighted by atomic mass is 9.89. The number of ether oxygens (including phenoxy) is 4. The van der Waals surface area contributed by atoms with E-state index in [0.717, 1.165) is 22.6 Å². The van der Waals surface area contributed by atoms with E-state index in [-0.39, 0.29) is 18.8 Å². The highest BCUT2D eigenvalue weighted by molar-refractivity contribution is 6.04. The summed E-state index contributed by atoms with van der Waals surface area (Å²) in [7, 11) is 3.44. The zero-order chi connectivity index (χ0) is 19.7. The van der Waals surface area contributed by atoms with Crippen LogP contribution >= 0.6 is 0 Å². The van der Waals surface area contributed by atoms with E-state index < -0.39 is 0 Å². The number of anilines is 1. The van der Waals surface area contributed by atoms with Gasteiger partial charge in [0.2, 0.25) is 6.79 Å². The Bertz CT molecular complexity index is 954. The van der Waals surface area contributed by atoms with Gasteiger partial charge in [-0.15, -0.1) is 0 Å². The van der Waals surface area contributed by atoms with Crippen LogP contribution < -0.4 is 24.8 Å². The van der Waals surface area contributed by atoms with Crippen molar-refractivity contribution >= 4 is 17.4 Å². The highest BCUT2D eigenvalue weighted by Gasteiger charge is 2.33. The molecule has 1 atom stereocenters. The molecule has 1 unspecified atom stereocenters. The summed E-state index contributed by atoms with van der Waals surface area (Å²) < 4.78 is 21.6. The fourth-order valence-corrected chi connectivity index (χ4v) is 3.53. The molecule has 2 heterocycles. The minimum Gasteiger partial charge on any atom is -0.497 e. The highest BCUT2D eigenvalue weighted by Crippen LogP contribution is 2.43. The molecule has 4 rings (SSSR count). The van der Waals surface area contributed by atoms with Crippen molar-refractivity contribution in [3.05, 3.63) is 53.1 Å². The second-order valence-electron chi connectivity index (χ2n) is 6.38. The molecule has 28 heavy (non-hydrogen) atoms. The second-order valence-corrected chi connectivity index (χ2v) is 6.38. The molecule has 0 bridgehead atoms. The topological polar surface area (TPSA) is 78.1 Å². The average molecular weight is 382 g/mol. The van der Waals surface area contributed by atoms with Gasteiger partial charge >= 0.3 is 5.97 Å². The summed E-state index contributed by atoms with van der Waals surface area (Å²) in [6, 6.07) is 11.0. The van der Waals surface area contributed by atoms with Crippen molar-refractivity contribution in [2.45, 2.75) is 13.0 Å². The molecule has 2 aliphatic heterocycles. The maximum absolute atomic E-state index is 12.9. The molecule has 7 heteroatoms. The van der Waals surface area contributed by atoms with E-state index in [1.54, 1.807) is 14.0 Å². The molecule has 0 spiro atoms. The molecule has 2 N–H and O–H groups in total. The standard InChI is InChI=1S/C21H22N2O5/c1-4-26-21(24)18-19(12-5-8-16-17(9-12)28-11-27-16)23-15-10-13(25-3)6-7-14(15)20(18)22-2/h5-10,20,22-23H,4,11H2,1-3H3. The number of hydrogen-bond donors (Lipinski definition) is 2. The predicted octanol–water partition coefficient (Wildman–Crippen LogP) is 3.08. The van der Waals surface area contributed by atoms with Crippen LogP contribution in [0.2, 0.25) is 0 Å². The van der Waals surface area contributed by atoms with Crippen LogP contribution in [0.4, 0.5) is 5.69 Å². The smallest absolute Gasteiger partial charge is 0.338 e. The first-order valence-electron chi connectivity index (χ1n) is 9.09. The number of benzene rings is 2. The van der Waals surface area contributed by atoms with Crippen molar-refractivity contribution in [3.8, 4) is 17.2 Å². The van der Waals surface area contributed by atoms with E-state index in [1.807, 2.05) is 43.4 Å². The first-order chi connectivity index (χ1) is 13.7. The summed E-state index contributed by atoms with van der Waals surface area (Å²) in [5, 5.41) is 6.64. The number of carbonyl (C=O) groups is 1. The Morgan fingerprint density at radius 3 is 2.79 bits per heavy atom. The van der Waals surface area contributed by atoms with E-state index in [4.69, 9.17) is 18.9 Å². The first-order valence-corrected chi connectivity index (χ1v) is 9.09. The number of fused-ring (bicyclic) bond motifs is 2. The molecule has 146 valence electrons. The molecule has 0 aliphatic carbocycles. The van der Waals surface area contributed by atoms with Gasteiger partial charge in [0.1, 0.15) is 5.75 Å². The Morgan fingerprint density at radius 2 is 2.04 bits per heavy atom. The zero-order valence-corrected chi connectivity index (χ0v) is 16.0. The van der Waals surface area contributed by atoms with Crippen molar-refractivity contribution in [2.24, 2.45) is 0 Å². The lowest BCUT2D eigenvalue weighted by Crippen LogP contribution is -2.30. The Kier molecular flexibility index (Phi) is 4.83. The third-order valence-corrected chi connectivity index (χ3v) is 4.83.